The fourth-order valence-electron chi connectivity index (χ4n) is 5.07. The van der Waals surface area contributed by atoms with Gasteiger partial charge in [0.2, 0.25) is 0 Å². The van der Waals surface area contributed by atoms with E-state index >= 15 is 0 Å². The minimum Gasteiger partial charge on any atom is -0.361 e. The lowest BCUT2D eigenvalue weighted by Gasteiger charge is -2.15. The smallest absolute Gasteiger partial charge is 0.266 e. The summed E-state index contributed by atoms with van der Waals surface area (Å²) in [5.41, 5.74) is 4.26. The Morgan fingerprint density at radius 2 is 1.83 bits per heavy atom. The van der Waals surface area contributed by atoms with Crippen molar-refractivity contribution in [1.82, 2.24) is 14.5 Å². The topological polar surface area (TPSA) is 53.4 Å². The highest BCUT2D eigenvalue weighted by molar-refractivity contribution is 8.18. The van der Waals surface area contributed by atoms with Crippen LogP contribution in [0.3, 0.4) is 0 Å². The van der Waals surface area contributed by atoms with Crippen molar-refractivity contribution in [2.75, 3.05) is 6.54 Å². The molecule has 1 aliphatic heterocycles. The number of hydrogen-bond acceptors (Lipinski definition) is 3. The minimum absolute atomic E-state index is 0.0261. The number of amidine groups is 1. The Balaban J connectivity index is 1.27. The Bertz CT molecular complexity index is 1410. The van der Waals surface area contributed by atoms with Gasteiger partial charge in [-0.15, -0.1) is 0 Å². The third-order valence-electron chi connectivity index (χ3n) is 6.93. The Morgan fingerprint density at radius 3 is 2.69 bits per heavy atom. The number of rotatable bonds is 6. The van der Waals surface area contributed by atoms with Crippen LogP contribution in [0.2, 0.25) is 0 Å². The molecule has 2 aromatic heterocycles. The van der Waals surface area contributed by atoms with Crippen LogP contribution in [0, 0.1) is 0 Å². The Hall–Kier alpha value is -3.51. The Labute approximate surface area is 209 Å². The summed E-state index contributed by atoms with van der Waals surface area (Å²) >= 11 is 1.47. The normalized spacial score (nSPS) is 19.1. The molecule has 176 valence electrons. The molecule has 6 rings (SSSR count). The molecule has 2 aliphatic rings. The van der Waals surface area contributed by atoms with Gasteiger partial charge in [0, 0.05) is 42.1 Å². The van der Waals surface area contributed by atoms with Gasteiger partial charge in [0.15, 0.2) is 5.17 Å². The first-order chi connectivity index (χ1) is 17.2. The first-order valence-corrected chi connectivity index (χ1v) is 13.1. The van der Waals surface area contributed by atoms with Crippen LogP contribution in [-0.4, -0.2) is 32.1 Å². The molecule has 0 bridgehead atoms. The van der Waals surface area contributed by atoms with E-state index in [1.807, 2.05) is 47.4 Å². The van der Waals surface area contributed by atoms with Crippen molar-refractivity contribution < 1.29 is 4.79 Å². The fourth-order valence-corrected chi connectivity index (χ4v) is 6.09. The zero-order valence-electron chi connectivity index (χ0n) is 19.6. The number of fused-ring (bicyclic) bond motifs is 1. The predicted octanol–water partition coefficient (Wildman–Crippen LogP) is 6.93. The van der Waals surface area contributed by atoms with E-state index in [2.05, 4.69) is 52.4 Å². The summed E-state index contributed by atoms with van der Waals surface area (Å²) in [5.74, 6) is 0.0261. The molecule has 6 heteroatoms. The quantitative estimate of drug-likeness (QED) is 0.304. The summed E-state index contributed by atoms with van der Waals surface area (Å²) in [6, 6.07) is 20.9. The number of H-pyrrole nitrogens is 1. The average molecular weight is 481 g/mol. The highest BCUT2D eigenvalue weighted by Crippen LogP contribution is 2.35. The second-order valence-corrected chi connectivity index (χ2v) is 10.2. The standard InChI is InChI=1S/C29H28N4OS/c34-28-27(18-21-14-16-32(20-21)24-10-4-5-11-24)35-29(31-23-8-2-1-3-9-23)33(28)17-15-22-19-30-26-13-7-6-12-25(22)26/h1-3,6-9,12-14,16,18-20,24,30H,4-5,10-11,15,17H2/b27-18+,31-29?. The van der Waals surface area contributed by atoms with Crippen molar-refractivity contribution in [2.24, 2.45) is 4.99 Å². The summed E-state index contributed by atoms with van der Waals surface area (Å²) in [7, 11) is 0. The van der Waals surface area contributed by atoms with Gasteiger partial charge < -0.3 is 9.55 Å². The lowest BCUT2D eigenvalue weighted by Crippen LogP contribution is -2.31. The monoisotopic (exact) mass is 480 g/mol. The molecule has 1 saturated carbocycles. The molecule has 1 N–H and O–H groups in total. The van der Waals surface area contributed by atoms with Gasteiger partial charge in [-0.3, -0.25) is 9.69 Å². The van der Waals surface area contributed by atoms with E-state index in [-0.39, 0.29) is 5.91 Å². The molecule has 2 fully saturated rings. The number of carbonyl (C=O) groups excluding carboxylic acids is 1. The van der Waals surface area contributed by atoms with E-state index in [1.165, 1.54) is 48.4 Å². The van der Waals surface area contributed by atoms with E-state index in [9.17, 15) is 4.79 Å². The lowest BCUT2D eigenvalue weighted by atomic mass is 10.1. The zero-order chi connectivity index (χ0) is 23.6. The lowest BCUT2D eigenvalue weighted by molar-refractivity contribution is -0.122. The summed E-state index contributed by atoms with van der Waals surface area (Å²) in [4.78, 5) is 24.3. The zero-order valence-corrected chi connectivity index (χ0v) is 20.4. The number of carbonyl (C=O) groups is 1. The third-order valence-corrected chi connectivity index (χ3v) is 7.94. The van der Waals surface area contributed by atoms with Gasteiger partial charge in [-0.1, -0.05) is 49.2 Å². The van der Waals surface area contributed by atoms with Crippen molar-refractivity contribution in [3.63, 3.8) is 0 Å². The van der Waals surface area contributed by atoms with Crippen LogP contribution in [0.15, 0.2) is 89.2 Å². The molecule has 1 amide bonds. The third kappa shape index (κ3) is 4.58. The van der Waals surface area contributed by atoms with Crippen molar-refractivity contribution in [1.29, 1.82) is 0 Å². The molecule has 0 radical (unpaired) electrons. The number of hydrogen-bond donors (Lipinski definition) is 1. The molecule has 1 saturated heterocycles. The maximum absolute atomic E-state index is 13.5. The van der Waals surface area contributed by atoms with Gasteiger partial charge in [-0.25, -0.2) is 4.99 Å². The molecule has 0 unspecified atom stereocenters. The van der Waals surface area contributed by atoms with Gasteiger partial charge in [0.1, 0.15) is 0 Å². The van der Waals surface area contributed by atoms with Gasteiger partial charge >= 0.3 is 0 Å². The van der Waals surface area contributed by atoms with E-state index < -0.39 is 0 Å². The van der Waals surface area contributed by atoms with Crippen molar-refractivity contribution >= 4 is 45.5 Å². The Kier molecular flexibility index (Phi) is 6.05. The van der Waals surface area contributed by atoms with E-state index in [0.29, 0.717) is 12.6 Å². The van der Waals surface area contributed by atoms with Gasteiger partial charge in [0.25, 0.3) is 5.91 Å². The number of nitrogens with zero attached hydrogens (tertiary/aromatic N) is 3. The van der Waals surface area contributed by atoms with Crippen LogP contribution in [0.25, 0.3) is 17.0 Å². The molecule has 4 aromatic rings. The van der Waals surface area contributed by atoms with Crippen LogP contribution in [0.1, 0.15) is 42.9 Å². The summed E-state index contributed by atoms with van der Waals surface area (Å²) in [6.07, 6.45) is 14.3. The first kappa shape index (κ1) is 22.0. The summed E-state index contributed by atoms with van der Waals surface area (Å²) in [5, 5.41) is 1.94. The number of aliphatic imine (C=N–C) groups is 1. The van der Waals surface area contributed by atoms with Gasteiger partial charge in [0.05, 0.1) is 10.6 Å². The van der Waals surface area contributed by atoms with Crippen molar-refractivity contribution in [3.05, 3.63) is 95.3 Å². The Morgan fingerprint density at radius 1 is 1.03 bits per heavy atom. The van der Waals surface area contributed by atoms with E-state index in [0.717, 1.165) is 33.3 Å². The number of aromatic nitrogens is 2. The second-order valence-electron chi connectivity index (χ2n) is 9.24. The maximum atomic E-state index is 13.5. The number of aromatic amines is 1. The number of nitrogens with one attached hydrogen (secondary N) is 1. The second kappa shape index (κ2) is 9.62. The number of benzene rings is 2. The first-order valence-electron chi connectivity index (χ1n) is 12.3. The molecular formula is C29H28N4OS. The summed E-state index contributed by atoms with van der Waals surface area (Å²) in [6.45, 7) is 0.583. The molecule has 3 heterocycles. The average Bonchev–Trinajstić information content (AvgIpc) is 3.68. The van der Waals surface area contributed by atoms with Crippen molar-refractivity contribution in [3.8, 4) is 0 Å². The number of amides is 1. The van der Waals surface area contributed by atoms with Crippen LogP contribution in [0.5, 0.6) is 0 Å². The highest BCUT2D eigenvalue weighted by atomic mass is 32.2. The van der Waals surface area contributed by atoms with E-state index in [4.69, 9.17) is 4.99 Å². The van der Waals surface area contributed by atoms with E-state index in [1.54, 1.807) is 0 Å². The molecule has 2 aromatic carbocycles. The van der Waals surface area contributed by atoms with Crippen LogP contribution >= 0.6 is 11.8 Å². The summed E-state index contributed by atoms with van der Waals surface area (Å²) < 4.78 is 2.32. The van der Waals surface area contributed by atoms with Gasteiger partial charge in [-0.2, -0.15) is 0 Å². The van der Waals surface area contributed by atoms with Crippen LogP contribution < -0.4 is 0 Å². The molecule has 35 heavy (non-hydrogen) atoms. The van der Waals surface area contributed by atoms with Gasteiger partial charge in [-0.05, 0) is 72.5 Å². The number of thioether (sulfide) groups is 1. The molecule has 0 spiro atoms. The molecule has 0 atom stereocenters. The molecule has 5 nitrogen and oxygen atoms in total. The highest BCUT2D eigenvalue weighted by Gasteiger charge is 2.33. The van der Waals surface area contributed by atoms with Crippen LogP contribution in [-0.2, 0) is 11.2 Å². The maximum Gasteiger partial charge on any atom is 0.266 e. The SMILES string of the molecule is O=C1/C(=C\c2ccn(C3CCCC3)c2)SC(=Nc2ccccc2)N1CCc1c[nH]c2ccccc12. The molecule has 1 aliphatic carbocycles. The minimum atomic E-state index is 0.0261. The fraction of sp³-hybridized carbons (Fsp3) is 0.241. The van der Waals surface area contributed by atoms with Crippen molar-refractivity contribution in [2.45, 2.75) is 38.1 Å². The predicted molar refractivity (Wildman–Crippen MR) is 145 cm³/mol. The van der Waals surface area contributed by atoms with Crippen LogP contribution in [0.4, 0.5) is 5.69 Å². The number of para-hydroxylation sites is 2. The largest absolute Gasteiger partial charge is 0.361 e. The molecular weight excluding hydrogens is 452 g/mol.